The molecule has 0 aliphatic rings. The molecule has 0 radical (unpaired) electrons. The van der Waals surface area contributed by atoms with Crippen molar-refractivity contribution in [2.24, 2.45) is 0 Å². The molecule has 0 fully saturated rings. The molecule has 0 saturated heterocycles. The van der Waals surface area contributed by atoms with Crippen molar-refractivity contribution in [1.29, 1.82) is 0 Å². The van der Waals surface area contributed by atoms with Crippen LogP contribution in [-0.2, 0) is 16.6 Å². The van der Waals surface area contributed by atoms with E-state index in [1.807, 2.05) is 6.07 Å². The second-order valence-corrected chi connectivity index (χ2v) is 8.02. The molecule has 0 atom stereocenters. The fourth-order valence-electron chi connectivity index (χ4n) is 2.73. The van der Waals surface area contributed by atoms with Crippen LogP contribution >= 0.6 is 0 Å². The Morgan fingerprint density at radius 1 is 1.07 bits per heavy atom. The molecular weight excluding hydrogens is 376 g/mol. The molecule has 28 heavy (non-hydrogen) atoms. The SMILES string of the molecule is COc1cccc(N(Cc2cccnc2)S(=O)(=O)c2ccc(C(C)=O)cc2)c1. The summed E-state index contributed by atoms with van der Waals surface area (Å²) in [7, 11) is -2.35. The van der Waals surface area contributed by atoms with E-state index in [1.165, 1.54) is 42.6 Å². The highest BCUT2D eigenvalue weighted by atomic mass is 32.2. The van der Waals surface area contributed by atoms with Crippen LogP contribution in [0.2, 0.25) is 0 Å². The largest absolute Gasteiger partial charge is 0.497 e. The second kappa shape index (κ2) is 8.22. The number of rotatable bonds is 7. The molecule has 6 nitrogen and oxygen atoms in total. The van der Waals surface area contributed by atoms with E-state index in [0.717, 1.165) is 5.56 Å². The highest BCUT2D eigenvalue weighted by molar-refractivity contribution is 7.92. The van der Waals surface area contributed by atoms with E-state index in [1.54, 1.807) is 42.7 Å². The third-order valence-corrected chi connectivity index (χ3v) is 6.03. The molecule has 1 aromatic heterocycles. The van der Waals surface area contributed by atoms with Gasteiger partial charge < -0.3 is 4.74 Å². The summed E-state index contributed by atoms with van der Waals surface area (Å²) in [5.41, 5.74) is 1.67. The van der Waals surface area contributed by atoms with Crippen LogP contribution in [0, 0.1) is 0 Å². The van der Waals surface area contributed by atoms with E-state index in [4.69, 9.17) is 4.74 Å². The molecule has 0 N–H and O–H groups in total. The molecule has 0 unspecified atom stereocenters. The first-order valence-electron chi connectivity index (χ1n) is 8.58. The van der Waals surface area contributed by atoms with Crippen molar-refractivity contribution < 1.29 is 17.9 Å². The highest BCUT2D eigenvalue weighted by Crippen LogP contribution is 2.28. The number of Topliss-reactive ketones (excluding diaryl/α,β-unsaturated/α-hetero) is 1. The van der Waals surface area contributed by atoms with Crippen LogP contribution in [0.25, 0.3) is 0 Å². The smallest absolute Gasteiger partial charge is 0.264 e. The zero-order valence-electron chi connectivity index (χ0n) is 15.6. The molecule has 3 rings (SSSR count). The number of ketones is 1. The number of pyridine rings is 1. The zero-order chi connectivity index (χ0) is 20.1. The molecule has 0 aliphatic heterocycles. The first kappa shape index (κ1) is 19.6. The lowest BCUT2D eigenvalue weighted by Crippen LogP contribution is -2.30. The Balaban J connectivity index is 2.07. The van der Waals surface area contributed by atoms with Gasteiger partial charge in [-0.2, -0.15) is 0 Å². The number of methoxy groups -OCH3 is 1. The van der Waals surface area contributed by atoms with Crippen molar-refractivity contribution in [2.75, 3.05) is 11.4 Å². The van der Waals surface area contributed by atoms with Gasteiger partial charge in [0.25, 0.3) is 10.0 Å². The fourth-order valence-corrected chi connectivity index (χ4v) is 4.17. The van der Waals surface area contributed by atoms with Crippen LogP contribution in [0.4, 0.5) is 5.69 Å². The maximum Gasteiger partial charge on any atom is 0.264 e. The quantitative estimate of drug-likeness (QED) is 0.569. The van der Waals surface area contributed by atoms with E-state index >= 15 is 0 Å². The van der Waals surface area contributed by atoms with Crippen molar-refractivity contribution in [3.8, 4) is 5.75 Å². The lowest BCUT2D eigenvalue weighted by Gasteiger charge is -2.25. The summed E-state index contributed by atoms with van der Waals surface area (Å²) >= 11 is 0. The van der Waals surface area contributed by atoms with Gasteiger partial charge in [0.2, 0.25) is 0 Å². The monoisotopic (exact) mass is 396 g/mol. The summed E-state index contributed by atoms with van der Waals surface area (Å²) < 4.78 is 33.3. The Morgan fingerprint density at radius 2 is 1.82 bits per heavy atom. The summed E-state index contributed by atoms with van der Waals surface area (Å²) in [5.74, 6) is 0.430. The third-order valence-electron chi connectivity index (χ3n) is 4.24. The standard InChI is InChI=1S/C21H20N2O4S/c1-16(24)18-8-10-21(11-9-18)28(25,26)23(15-17-5-4-12-22-14-17)19-6-3-7-20(13-19)27-2/h3-14H,15H2,1-2H3. The van der Waals surface area contributed by atoms with Gasteiger partial charge in [0.15, 0.2) is 5.78 Å². The van der Waals surface area contributed by atoms with Crippen LogP contribution in [0.15, 0.2) is 78.0 Å². The lowest BCUT2D eigenvalue weighted by atomic mass is 10.2. The number of anilines is 1. The average Bonchev–Trinajstić information content (AvgIpc) is 2.72. The molecule has 1 heterocycles. The lowest BCUT2D eigenvalue weighted by molar-refractivity contribution is 0.101. The van der Waals surface area contributed by atoms with Crippen molar-refractivity contribution >= 4 is 21.5 Å². The fraction of sp³-hybridized carbons (Fsp3) is 0.143. The van der Waals surface area contributed by atoms with Crippen LogP contribution in [0.5, 0.6) is 5.75 Å². The van der Waals surface area contributed by atoms with Crippen LogP contribution in [0.3, 0.4) is 0 Å². The number of carbonyl (C=O) groups is 1. The summed E-state index contributed by atoms with van der Waals surface area (Å²) in [4.78, 5) is 15.7. The van der Waals surface area contributed by atoms with E-state index in [9.17, 15) is 13.2 Å². The van der Waals surface area contributed by atoms with E-state index in [-0.39, 0.29) is 17.2 Å². The summed E-state index contributed by atoms with van der Waals surface area (Å²) in [6.45, 7) is 1.55. The summed E-state index contributed by atoms with van der Waals surface area (Å²) in [5, 5.41) is 0. The van der Waals surface area contributed by atoms with Gasteiger partial charge in [0.05, 0.1) is 24.2 Å². The average molecular weight is 396 g/mol. The minimum absolute atomic E-state index is 0.101. The van der Waals surface area contributed by atoms with Crippen LogP contribution in [-0.4, -0.2) is 26.3 Å². The number of benzene rings is 2. The molecule has 2 aromatic carbocycles. The van der Waals surface area contributed by atoms with Gasteiger partial charge in [-0.15, -0.1) is 0 Å². The van der Waals surface area contributed by atoms with Crippen molar-refractivity contribution in [2.45, 2.75) is 18.4 Å². The maximum absolute atomic E-state index is 13.4. The van der Waals surface area contributed by atoms with Crippen molar-refractivity contribution in [3.63, 3.8) is 0 Å². The molecule has 0 saturated carbocycles. The summed E-state index contributed by atoms with van der Waals surface area (Å²) in [6.07, 6.45) is 3.26. The van der Waals surface area contributed by atoms with E-state index in [2.05, 4.69) is 4.98 Å². The number of carbonyl (C=O) groups excluding carboxylic acids is 1. The number of hydrogen-bond donors (Lipinski definition) is 0. The topological polar surface area (TPSA) is 76.6 Å². The normalized spacial score (nSPS) is 11.1. The third kappa shape index (κ3) is 4.20. The van der Waals surface area contributed by atoms with Gasteiger partial charge in [-0.1, -0.05) is 24.3 Å². The van der Waals surface area contributed by atoms with Gasteiger partial charge in [0.1, 0.15) is 5.75 Å². The van der Waals surface area contributed by atoms with Crippen molar-refractivity contribution in [1.82, 2.24) is 4.98 Å². The Labute approximate surface area is 164 Å². The molecule has 0 bridgehead atoms. The van der Waals surface area contributed by atoms with Gasteiger partial charge >= 0.3 is 0 Å². The molecular formula is C21H20N2O4S. The Bertz CT molecular complexity index is 1070. The molecule has 7 heteroatoms. The Hall–Kier alpha value is -3.19. The van der Waals surface area contributed by atoms with Gasteiger partial charge in [-0.25, -0.2) is 8.42 Å². The highest BCUT2D eigenvalue weighted by Gasteiger charge is 2.26. The molecule has 144 valence electrons. The Kier molecular flexibility index (Phi) is 5.75. The van der Waals surface area contributed by atoms with Crippen LogP contribution in [0.1, 0.15) is 22.8 Å². The minimum atomic E-state index is -3.88. The minimum Gasteiger partial charge on any atom is -0.497 e. The predicted molar refractivity (Wildman–Crippen MR) is 107 cm³/mol. The molecule has 0 amide bonds. The summed E-state index contributed by atoms with van der Waals surface area (Å²) in [6, 6.07) is 16.4. The first-order chi connectivity index (χ1) is 13.4. The number of hydrogen-bond acceptors (Lipinski definition) is 5. The molecule has 0 aliphatic carbocycles. The van der Waals surface area contributed by atoms with Crippen molar-refractivity contribution in [3.05, 3.63) is 84.2 Å². The van der Waals surface area contributed by atoms with Gasteiger partial charge in [-0.05, 0) is 42.8 Å². The number of aromatic nitrogens is 1. The molecule has 3 aromatic rings. The zero-order valence-corrected chi connectivity index (χ0v) is 16.4. The van der Waals surface area contributed by atoms with Gasteiger partial charge in [-0.3, -0.25) is 14.1 Å². The number of ether oxygens (including phenoxy) is 1. The van der Waals surface area contributed by atoms with E-state index < -0.39 is 10.0 Å². The van der Waals surface area contributed by atoms with E-state index in [0.29, 0.717) is 17.0 Å². The maximum atomic E-state index is 13.4. The molecule has 0 spiro atoms. The van der Waals surface area contributed by atoms with Gasteiger partial charge in [0, 0.05) is 24.0 Å². The Morgan fingerprint density at radius 3 is 2.43 bits per heavy atom. The second-order valence-electron chi connectivity index (χ2n) is 6.15. The predicted octanol–water partition coefficient (Wildman–Crippen LogP) is 3.69. The number of nitrogens with zero attached hydrogens (tertiary/aromatic N) is 2. The number of sulfonamides is 1. The first-order valence-corrected chi connectivity index (χ1v) is 10.0. The van der Waals surface area contributed by atoms with Crippen LogP contribution < -0.4 is 9.04 Å².